The zero-order valence-corrected chi connectivity index (χ0v) is 9.37. The van der Waals surface area contributed by atoms with Crippen molar-refractivity contribution in [2.24, 2.45) is 0 Å². The first-order valence-corrected chi connectivity index (χ1v) is 5.93. The fourth-order valence-corrected chi connectivity index (χ4v) is 3.06. The number of nitriles is 1. The number of hydrogen-bond acceptors (Lipinski definition) is 3. The van der Waals surface area contributed by atoms with Gasteiger partial charge in [-0.25, -0.2) is 4.98 Å². The Bertz CT molecular complexity index is 423. The summed E-state index contributed by atoms with van der Waals surface area (Å²) < 4.78 is 0. The first-order chi connectivity index (χ1) is 6.74. The van der Waals surface area contributed by atoms with E-state index in [-0.39, 0.29) is 0 Å². The van der Waals surface area contributed by atoms with E-state index in [0.29, 0.717) is 10.7 Å². The molecule has 0 saturated carbocycles. The lowest BCUT2D eigenvalue weighted by Crippen LogP contribution is -2.09. The maximum atomic E-state index is 8.98. The molecule has 1 aromatic heterocycles. The maximum Gasteiger partial charge on any atom is 0.147 e. The molecule has 0 bridgehead atoms. The minimum absolute atomic E-state index is 0.357. The third-order valence-corrected chi connectivity index (χ3v) is 3.69. The van der Waals surface area contributed by atoms with Gasteiger partial charge < -0.3 is 0 Å². The normalized spacial score (nSPS) is 14.6. The van der Waals surface area contributed by atoms with Gasteiger partial charge in [0.1, 0.15) is 11.2 Å². The van der Waals surface area contributed by atoms with Crippen LogP contribution in [-0.2, 0) is 12.2 Å². The predicted molar refractivity (Wildman–Crippen MR) is 58.6 cm³/mol. The number of hydrogen-bond donors (Lipinski definition) is 0. The first-order valence-electron chi connectivity index (χ1n) is 4.39. The number of aromatic nitrogens is 1. The quantitative estimate of drug-likeness (QED) is 0.636. The lowest BCUT2D eigenvalue weighted by molar-refractivity contribution is 1.01. The van der Waals surface area contributed by atoms with Gasteiger partial charge in [0.2, 0.25) is 0 Å². The van der Waals surface area contributed by atoms with Crippen LogP contribution in [-0.4, -0.2) is 10.7 Å². The molecule has 0 N–H and O–H groups in total. The van der Waals surface area contributed by atoms with Gasteiger partial charge in [0.15, 0.2) is 0 Å². The molecule has 14 heavy (non-hydrogen) atoms. The van der Waals surface area contributed by atoms with Gasteiger partial charge in [0.05, 0.1) is 5.56 Å². The zero-order valence-electron chi connectivity index (χ0n) is 7.80. The van der Waals surface area contributed by atoms with Crippen molar-refractivity contribution < 1.29 is 0 Å². The van der Waals surface area contributed by atoms with Gasteiger partial charge in [0, 0.05) is 11.4 Å². The number of nitrogens with zero attached hydrogens (tertiary/aromatic N) is 2. The van der Waals surface area contributed by atoms with Crippen molar-refractivity contribution in [2.75, 3.05) is 5.75 Å². The topological polar surface area (TPSA) is 36.7 Å². The van der Waals surface area contributed by atoms with Crippen molar-refractivity contribution >= 4 is 23.4 Å². The van der Waals surface area contributed by atoms with E-state index >= 15 is 0 Å². The largest absolute Gasteiger partial charge is 0.240 e. The van der Waals surface area contributed by atoms with Gasteiger partial charge in [-0.15, -0.1) is 0 Å². The molecule has 1 aliphatic rings. The van der Waals surface area contributed by atoms with Gasteiger partial charge in [-0.2, -0.15) is 17.0 Å². The fourth-order valence-electron chi connectivity index (χ4n) is 1.69. The number of fused-ring (bicyclic) bond motifs is 1. The predicted octanol–water partition coefficient (Wildman–Crippen LogP) is 2.70. The summed E-state index contributed by atoms with van der Waals surface area (Å²) in [4.78, 5) is 4.19. The summed E-state index contributed by atoms with van der Waals surface area (Å²) in [6.07, 6.45) is 0.936. The molecule has 2 nitrogen and oxygen atoms in total. The minimum atomic E-state index is 0.357. The second kappa shape index (κ2) is 3.80. The monoisotopic (exact) mass is 224 g/mol. The Morgan fingerprint density at radius 1 is 1.50 bits per heavy atom. The van der Waals surface area contributed by atoms with Crippen LogP contribution in [0.25, 0.3) is 0 Å². The summed E-state index contributed by atoms with van der Waals surface area (Å²) >= 11 is 7.81. The van der Waals surface area contributed by atoms with Gasteiger partial charge in [-0.05, 0) is 30.2 Å². The molecule has 72 valence electrons. The second-order valence-electron chi connectivity index (χ2n) is 3.23. The van der Waals surface area contributed by atoms with Crippen LogP contribution < -0.4 is 0 Å². The van der Waals surface area contributed by atoms with Crippen LogP contribution in [0.5, 0.6) is 0 Å². The van der Waals surface area contributed by atoms with Crippen molar-refractivity contribution in [1.82, 2.24) is 4.98 Å². The SMILES string of the molecule is Cc1nc(Cl)c(C#N)c2c1CSCC2. The van der Waals surface area contributed by atoms with E-state index in [1.807, 2.05) is 18.7 Å². The van der Waals surface area contributed by atoms with Crippen molar-refractivity contribution in [3.63, 3.8) is 0 Å². The maximum absolute atomic E-state index is 8.98. The Labute approximate surface area is 92.3 Å². The highest BCUT2D eigenvalue weighted by atomic mass is 35.5. The van der Waals surface area contributed by atoms with Gasteiger partial charge >= 0.3 is 0 Å². The molecule has 2 rings (SSSR count). The van der Waals surface area contributed by atoms with Crippen molar-refractivity contribution in [3.05, 3.63) is 27.5 Å². The van der Waals surface area contributed by atoms with E-state index in [9.17, 15) is 0 Å². The third-order valence-electron chi connectivity index (χ3n) is 2.43. The van der Waals surface area contributed by atoms with Crippen LogP contribution in [0.4, 0.5) is 0 Å². The zero-order chi connectivity index (χ0) is 10.1. The summed E-state index contributed by atoms with van der Waals surface area (Å²) in [6.45, 7) is 1.96. The minimum Gasteiger partial charge on any atom is -0.240 e. The molecule has 0 saturated heterocycles. The first kappa shape index (κ1) is 9.82. The van der Waals surface area contributed by atoms with E-state index in [2.05, 4.69) is 11.1 Å². The average Bonchev–Trinajstić information content (AvgIpc) is 2.18. The summed E-state index contributed by atoms with van der Waals surface area (Å²) in [7, 11) is 0. The molecule has 0 unspecified atom stereocenters. The van der Waals surface area contributed by atoms with Crippen LogP contribution in [0, 0.1) is 18.3 Å². The summed E-state index contributed by atoms with van der Waals surface area (Å²) in [5.41, 5.74) is 3.87. The molecule has 4 heteroatoms. The van der Waals surface area contributed by atoms with Gasteiger partial charge in [-0.1, -0.05) is 11.6 Å². The Balaban J connectivity index is 2.69. The summed E-state index contributed by atoms with van der Waals surface area (Å²) in [6, 6.07) is 2.15. The molecule has 1 aromatic rings. The van der Waals surface area contributed by atoms with Crippen LogP contribution >= 0.6 is 23.4 Å². The van der Waals surface area contributed by atoms with Crippen molar-refractivity contribution in [1.29, 1.82) is 5.26 Å². The standard InChI is InChI=1S/C10H9ClN2S/c1-6-9-5-14-3-2-7(9)8(4-12)10(11)13-6/h2-3,5H2,1H3. The molecular formula is C10H9ClN2S. The molecule has 0 fully saturated rings. The van der Waals surface area contributed by atoms with Crippen LogP contribution in [0.1, 0.15) is 22.4 Å². The van der Waals surface area contributed by atoms with Crippen LogP contribution in [0.3, 0.4) is 0 Å². The second-order valence-corrected chi connectivity index (χ2v) is 4.70. The molecule has 0 radical (unpaired) electrons. The van der Waals surface area contributed by atoms with E-state index in [1.165, 1.54) is 5.56 Å². The number of thioether (sulfide) groups is 1. The molecule has 0 amide bonds. The average molecular weight is 225 g/mol. The Hall–Kier alpha value is -0.720. The van der Waals surface area contributed by atoms with Crippen LogP contribution in [0.2, 0.25) is 5.15 Å². The van der Waals surface area contributed by atoms with E-state index in [0.717, 1.165) is 29.2 Å². The smallest absolute Gasteiger partial charge is 0.147 e. The summed E-state index contributed by atoms with van der Waals surface area (Å²) in [5, 5.41) is 9.34. The molecule has 0 aliphatic carbocycles. The van der Waals surface area contributed by atoms with Crippen molar-refractivity contribution in [2.45, 2.75) is 19.1 Å². The van der Waals surface area contributed by atoms with E-state index < -0.39 is 0 Å². The Morgan fingerprint density at radius 2 is 2.29 bits per heavy atom. The van der Waals surface area contributed by atoms with Crippen LogP contribution in [0.15, 0.2) is 0 Å². The molecule has 0 spiro atoms. The molecule has 0 atom stereocenters. The van der Waals surface area contributed by atoms with Gasteiger partial charge in [0.25, 0.3) is 0 Å². The third kappa shape index (κ3) is 1.49. The molecule has 1 aliphatic heterocycles. The Kier molecular flexibility index (Phi) is 2.66. The molecule has 0 aromatic carbocycles. The Morgan fingerprint density at radius 3 is 3.00 bits per heavy atom. The number of aryl methyl sites for hydroxylation is 1. The number of rotatable bonds is 0. The number of pyridine rings is 1. The fraction of sp³-hybridized carbons (Fsp3) is 0.400. The molecule has 2 heterocycles. The highest BCUT2D eigenvalue weighted by molar-refractivity contribution is 7.98. The van der Waals surface area contributed by atoms with E-state index in [1.54, 1.807) is 0 Å². The van der Waals surface area contributed by atoms with Crippen molar-refractivity contribution in [3.8, 4) is 6.07 Å². The highest BCUT2D eigenvalue weighted by Crippen LogP contribution is 2.31. The lowest BCUT2D eigenvalue weighted by Gasteiger charge is -2.18. The summed E-state index contributed by atoms with van der Waals surface area (Å²) in [5.74, 6) is 2.03. The number of halogens is 1. The highest BCUT2D eigenvalue weighted by Gasteiger charge is 2.19. The lowest BCUT2D eigenvalue weighted by atomic mass is 10.0. The molecular weight excluding hydrogens is 216 g/mol. The van der Waals surface area contributed by atoms with E-state index in [4.69, 9.17) is 16.9 Å². The van der Waals surface area contributed by atoms with Gasteiger partial charge in [-0.3, -0.25) is 0 Å².